The molecule has 0 bridgehead atoms. The molecule has 2 rings (SSSR count). The zero-order valence-corrected chi connectivity index (χ0v) is 13.7. The van der Waals surface area contributed by atoms with Crippen molar-refractivity contribution in [2.75, 3.05) is 24.5 Å². The molecule has 1 aromatic heterocycles. The van der Waals surface area contributed by atoms with Gasteiger partial charge >= 0.3 is 0 Å². The Morgan fingerprint density at radius 1 is 1.48 bits per heavy atom. The van der Waals surface area contributed by atoms with Gasteiger partial charge in [0.05, 0.1) is 11.9 Å². The fraction of sp³-hybridized carbons (Fsp3) is 0.733. The van der Waals surface area contributed by atoms with Gasteiger partial charge in [-0.3, -0.25) is 4.79 Å². The molecule has 21 heavy (non-hydrogen) atoms. The fourth-order valence-electron chi connectivity index (χ4n) is 2.77. The molecule has 1 atom stereocenters. The number of anilines is 1. The molecule has 118 valence electrons. The van der Waals surface area contributed by atoms with Gasteiger partial charge in [-0.2, -0.15) is 5.10 Å². The summed E-state index contributed by atoms with van der Waals surface area (Å²) in [6, 6.07) is 0.398. The average molecular weight is 313 g/mol. The van der Waals surface area contributed by atoms with Gasteiger partial charge in [0.25, 0.3) is 5.56 Å². The number of unbranched alkanes of at least 4 members (excludes halogenated alkanes) is 1. The second-order valence-electron chi connectivity index (χ2n) is 5.57. The largest absolute Gasteiger partial charge is 0.365 e. The zero-order valence-electron chi connectivity index (χ0n) is 12.9. The van der Waals surface area contributed by atoms with Crippen LogP contribution < -0.4 is 15.8 Å². The van der Waals surface area contributed by atoms with Crippen LogP contribution in [0.15, 0.2) is 11.0 Å². The van der Waals surface area contributed by atoms with E-state index in [2.05, 4.69) is 29.2 Å². The normalized spacial score (nSPS) is 18.1. The lowest BCUT2D eigenvalue weighted by Gasteiger charge is -2.30. The summed E-state index contributed by atoms with van der Waals surface area (Å²) in [7, 11) is 0. The Bertz CT molecular complexity index is 511. The summed E-state index contributed by atoms with van der Waals surface area (Å²) in [4.78, 5) is 14.6. The predicted molar refractivity (Wildman–Crippen MR) is 87.3 cm³/mol. The van der Waals surface area contributed by atoms with Crippen LogP contribution in [0.25, 0.3) is 0 Å². The van der Waals surface area contributed by atoms with Crippen molar-refractivity contribution in [1.29, 1.82) is 0 Å². The second kappa shape index (κ2) is 7.80. The molecule has 0 amide bonds. The lowest BCUT2D eigenvalue weighted by Crippen LogP contribution is -2.39. The Hall–Kier alpha value is -1.07. The van der Waals surface area contributed by atoms with E-state index in [1.165, 1.54) is 4.68 Å². The highest BCUT2D eigenvalue weighted by atomic mass is 35.5. The molecule has 1 N–H and O–H groups in total. The van der Waals surface area contributed by atoms with Crippen LogP contribution in [-0.2, 0) is 6.54 Å². The molecule has 1 aliphatic rings. The molecule has 0 aromatic carbocycles. The minimum atomic E-state index is -0.172. The molecule has 1 aliphatic heterocycles. The molecule has 0 radical (unpaired) electrons. The van der Waals surface area contributed by atoms with Crippen molar-refractivity contribution in [2.24, 2.45) is 0 Å². The first-order valence-electron chi connectivity index (χ1n) is 7.92. The van der Waals surface area contributed by atoms with E-state index < -0.39 is 0 Å². The van der Waals surface area contributed by atoms with Crippen LogP contribution in [0.3, 0.4) is 0 Å². The van der Waals surface area contributed by atoms with Gasteiger partial charge in [0.1, 0.15) is 5.02 Å². The molecule has 0 saturated carbocycles. The Morgan fingerprint density at radius 3 is 2.90 bits per heavy atom. The van der Waals surface area contributed by atoms with Crippen molar-refractivity contribution in [3.8, 4) is 0 Å². The van der Waals surface area contributed by atoms with E-state index in [4.69, 9.17) is 11.6 Å². The van der Waals surface area contributed by atoms with E-state index in [0.29, 0.717) is 17.6 Å². The number of aromatic nitrogens is 2. The highest BCUT2D eigenvalue weighted by Gasteiger charge is 2.25. The summed E-state index contributed by atoms with van der Waals surface area (Å²) < 4.78 is 1.48. The molecular formula is C15H25ClN4O. The predicted octanol–water partition coefficient (Wildman–Crippen LogP) is 2.28. The first-order chi connectivity index (χ1) is 10.2. The highest BCUT2D eigenvalue weighted by Crippen LogP contribution is 2.25. The smallest absolute Gasteiger partial charge is 0.287 e. The molecule has 0 aliphatic carbocycles. The summed E-state index contributed by atoms with van der Waals surface area (Å²) >= 11 is 6.35. The van der Waals surface area contributed by atoms with Crippen molar-refractivity contribution in [3.05, 3.63) is 21.6 Å². The van der Waals surface area contributed by atoms with Crippen molar-refractivity contribution in [1.82, 2.24) is 15.1 Å². The minimum Gasteiger partial charge on any atom is -0.365 e. The van der Waals surface area contributed by atoms with E-state index in [0.717, 1.165) is 51.0 Å². The SMILES string of the molecule is CCCCn1ncc(N(CCC)C2CCNC2)c(Cl)c1=O. The van der Waals surface area contributed by atoms with Gasteiger partial charge < -0.3 is 10.2 Å². The van der Waals surface area contributed by atoms with Crippen LogP contribution in [0.5, 0.6) is 0 Å². The molecule has 6 heteroatoms. The summed E-state index contributed by atoms with van der Waals surface area (Å²) in [5.74, 6) is 0. The van der Waals surface area contributed by atoms with Crippen molar-refractivity contribution in [2.45, 2.75) is 52.1 Å². The lowest BCUT2D eigenvalue weighted by molar-refractivity contribution is 0.539. The molecule has 1 aromatic rings. The Kier molecular flexibility index (Phi) is 6.06. The maximum absolute atomic E-state index is 12.3. The number of nitrogens with zero attached hydrogens (tertiary/aromatic N) is 3. The van der Waals surface area contributed by atoms with E-state index in [1.807, 2.05) is 0 Å². The number of aryl methyl sites for hydroxylation is 1. The third kappa shape index (κ3) is 3.77. The third-order valence-electron chi connectivity index (χ3n) is 3.94. The summed E-state index contributed by atoms with van der Waals surface area (Å²) in [6.45, 7) is 7.72. The molecular weight excluding hydrogens is 288 g/mol. The van der Waals surface area contributed by atoms with Crippen LogP contribution in [0.2, 0.25) is 5.02 Å². The van der Waals surface area contributed by atoms with Crippen molar-refractivity contribution < 1.29 is 0 Å². The van der Waals surface area contributed by atoms with Gasteiger partial charge in [-0.05, 0) is 25.8 Å². The maximum Gasteiger partial charge on any atom is 0.287 e. The monoisotopic (exact) mass is 312 g/mol. The highest BCUT2D eigenvalue weighted by molar-refractivity contribution is 6.33. The van der Waals surface area contributed by atoms with Crippen LogP contribution in [0.1, 0.15) is 39.5 Å². The third-order valence-corrected chi connectivity index (χ3v) is 4.29. The number of nitrogens with one attached hydrogen (secondary N) is 1. The topological polar surface area (TPSA) is 50.2 Å². The average Bonchev–Trinajstić information content (AvgIpc) is 3.01. The molecule has 1 saturated heterocycles. The molecule has 1 fully saturated rings. The maximum atomic E-state index is 12.3. The minimum absolute atomic E-state index is 0.172. The van der Waals surface area contributed by atoms with Gasteiger partial charge in [0.2, 0.25) is 0 Å². The van der Waals surface area contributed by atoms with Gasteiger partial charge in [-0.15, -0.1) is 0 Å². The van der Waals surface area contributed by atoms with Crippen LogP contribution in [0, 0.1) is 0 Å². The van der Waals surface area contributed by atoms with E-state index in [-0.39, 0.29) is 5.56 Å². The first-order valence-corrected chi connectivity index (χ1v) is 8.29. The first kappa shape index (κ1) is 16.3. The van der Waals surface area contributed by atoms with Gasteiger partial charge in [-0.25, -0.2) is 4.68 Å². The number of halogens is 1. The fourth-order valence-corrected chi connectivity index (χ4v) is 3.02. The number of hydrogen-bond acceptors (Lipinski definition) is 4. The van der Waals surface area contributed by atoms with E-state index >= 15 is 0 Å². The number of rotatable bonds is 7. The van der Waals surface area contributed by atoms with Gasteiger partial charge in [0, 0.05) is 25.7 Å². The van der Waals surface area contributed by atoms with Crippen molar-refractivity contribution in [3.63, 3.8) is 0 Å². The molecule has 5 nitrogen and oxygen atoms in total. The van der Waals surface area contributed by atoms with Crippen LogP contribution in [-0.4, -0.2) is 35.5 Å². The molecule has 2 heterocycles. The van der Waals surface area contributed by atoms with E-state index in [1.54, 1.807) is 6.20 Å². The quantitative estimate of drug-likeness (QED) is 0.839. The Labute approximate surface area is 131 Å². The Balaban J connectivity index is 2.28. The molecule has 1 unspecified atom stereocenters. The van der Waals surface area contributed by atoms with Gasteiger partial charge in [-0.1, -0.05) is 31.9 Å². The summed E-state index contributed by atoms with van der Waals surface area (Å²) in [5.41, 5.74) is 0.611. The van der Waals surface area contributed by atoms with E-state index in [9.17, 15) is 4.79 Å². The Morgan fingerprint density at radius 2 is 2.29 bits per heavy atom. The second-order valence-corrected chi connectivity index (χ2v) is 5.94. The summed E-state index contributed by atoms with van der Waals surface area (Å²) in [6.07, 6.45) is 5.82. The van der Waals surface area contributed by atoms with Gasteiger partial charge in [0.15, 0.2) is 0 Å². The summed E-state index contributed by atoms with van der Waals surface area (Å²) in [5, 5.41) is 7.98. The molecule has 0 spiro atoms. The number of hydrogen-bond donors (Lipinski definition) is 1. The van der Waals surface area contributed by atoms with Crippen LogP contribution in [0.4, 0.5) is 5.69 Å². The van der Waals surface area contributed by atoms with Crippen LogP contribution >= 0.6 is 11.6 Å². The lowest BCUT2D eigenvalue weighted by atomic mass is 10.2. The standard InChI is InChI=1S/C15H25ClN4O/c1-3-5-9-20-15(21)14(16)13(11-18-20)19(8-4-2)12-6-7-17-10-12/h11-12,17H,3-10H2,1-2H3. The van der Waals surface area contributed by atoms with Crippen molar-refractivity contribution >= 4 is 17.3 Å². The zero-order chi connectivity index (χ0) is 15.2.